The molecule has 39 heavy (non-hydrogen) atoms. The molecular weight excluding hydrogens is 574 g/mol. The van der Waals surface area contributed by atoms with E-state index in [1.165, 1.54) is 13.3 Å². The summed E-state index contributed by atoms with van der Waals surface area (Å²) in [5.41, 5.74) is 4.38. The van der Waals surface area contributed by atoms with Crippen LogP contribution in [0.1, 0.15) is 31.0 Å². The topological polar surface area (TPSA) is 164 Å². The van der Waals surface area contributed by atoms with Crippen molar-refractivity contribution >= 4 is 34.1 Å². The van der Waals surface area contributed by atoms with Crippen LogP contribution in [0, 0.1) is 11.3 Å². The smallest absolute Gasteiger partial charge is 0.337 e. The van der Waals surface area contributed by atoms with E-state index < -0.39 is 24.3 Å². The average molecular weight is 602 g/mol. The fourth-order valence-electron chi connectivity index (χ4n) is 3.68. The molecule has 0 saturated heterocycles. The number of carbonyl (C=O) groups excluding carboxylic acids is 2. The van der Waals surface area contributed by atoms with Crippen molar-refractivity contribution in [2.45, 2.75) is 26.1 Å². The molecule has 206 valence electrons. The van der Waals surface area contributed by atoms with E-state index in [0.717, 1.165) is 4.47 Å². The monoisotopic (exact) mass is 601 g/mol. The number of esters is 1. The molecule has 12 nitrogen and oxygen atoms in total. The van der Waals surface area contributed by atoms with E-state index in [-0.39, 0.29) is 18.8 Å². The first-order chi connectivity index (χ1) is 18.8. The number of ether oxygens (including phenoxy) is 4. The second-order valence-electron chi connectivity index (χ2n) is 8.04. The van der Waals surface area contributed by atoms with Gasteiger partial charge in [0, 0.05) is 15.7 Å². The zero-order valence-electron chi connectivity index (χ0n) is 21.5. The maximum atomic E-state index is 12.4. The number of hydrogen-bond acceptors (Lipinski definition) is 10. The molecule has 2 amide bonds. The van der Waals surface area contributed by atoms with Crippen molar-refractivity contribution in [3.8, 4) is 23.3 Å². The van der Waals surface area contributed by atoms with Gasteiger partial charge in [-0.05, 0) is 49.7 Å². The summed E-state index contributed by atoms with van der Waals surface area (Å²) >= 11 is 3.37. The standard InChI is InChI=1S/C26H28BrN5O7/c1-4-37-21-12-16(24-23(25(34)36-3)15(2)30-26(35)31-24)5-7-20(21)39-14-22(33)32-29-13-17-11-18(27)6-8-19(17)38-10-9-28/h5-8,11-13,22,24,32-33H,4,10,14H2,1-3H3,(H2,30,31,35)/b29-13-/t22-,24+/m1/s1. The number of urea groups is 1. The Morgan fingerprint density at radius 1 is 1.23 bits per heavy atom. The number of hydrazone groups is 1. The number of hydrogen-bond donors (Lipinski definition) is 4. The molecule has 13 heteroatoms. The van der Waals surface area contributed by atoms with Crippen molar-refractivity contribution in [2.24, 2.45) is 5.10 Å². The molecule has 1 aliphatic heterocycles. The van der Waals surface area contributed by atoms with E-state index in [1.54, 1.807) is 50.2 Å². The molecule has 3 rings (SSSR count). The Kier molecular flexibility index (Phi) is 10.5. The lowest BCUT2D eigenvalue weighted by molar-refractivity contribution is -0.136. The maximum absolute atomic E-state index is 12.4. The summed E-state index contributed by atoms with van der Waals surface area (Å²) in [6.07, 6.45) is 0.272. The van der Waals surface area contributed by atoms with Crippen LogP contribution in [0.5, 0.6) is 17.2 Å². The second kappa shape index (κ2) is 14.0. The van der Waals surface area contributed by atoms with Crippen molar-refractivity contribution < 1.29 is 33.6 Å². The maximum Gasteiger partial charge on any atom is 0.337 e. The minimum absolute atomic E-state index is 0.114. The molecule has 0 radical (unpaired) electrons. The van der Waals surface area contributed by atoms with Crippen molar-refractivity contribution in [2.75, 3.05) is 26.9 Å². The third-order valence-electron chi connectivity index (χ3n) is 5.36. The van der Waals surface area contributed by atoms with Gasteiger partial charge in [-0.25, -0.2) is 9.59 Å². The number of aliphatic hydroxyl groups excluding tert-OH is 1. The van der Waals surface area contributed by atoms with Gasteiger partial charge in [0.25, 0.3) is 0 Å². The molecule has 2 aromatic carbocycles. The Balaban J connectivity index is 1.70. The fraction of sp³-hybridized carbons (Fsp3) is 0.308. The summed E-state index contributed by atoms with van der Waals surface area (Å²) in [6.45, 7) is 3.45. The van der Waals surface area contributed by atoms with Gasteiger partial charge in [0.2, 0.25) is 0 Å². The highest BCUT2D eigenvalue weighted by Crippen LogP contribution is 2.35. The van der Waals surface area contributed by atoms with Crippen LogP contribution in [0.2, 0.25) is 0 Å². The van der Waals surface area contributed by atoms with Gasteiger partial charge in [-0.15, -0.1) is 0 Å². The zero-order valence-corrected chi connectivity index (χ0v) is 23.1. The largest absolute Gasteiger partial charge is 0.490 e. The summed E-state index contributed by atoms with van der Waals surface area (Å²) < 4.78 is 22.5. The third kappa shape index (κ3) is 7.86. The van der Waals surface area contributed by atoms with E-state index in [1.807, 2.05) is 6.07 Å². The van der Waals surface area contributed by atoms with Gasteiger partial charge in [0.15, 0.2) is 24.3 Å². The quantitative estimate of drug-likeness (QED) is 0.124. The number of amides is 2. The van der Waals surface area contributed by atoms with E-state index in [0.29, 0.717) is 40.7 Å². The van der Waals surface area contributed by atoms with Crippen LogP contribution in [0.25, 0.3) is 0 Å². The normalized spacial score (nSPS) is 15.6. The molecule has 0 aliphatic carbocycles. The van der Waals surface area contributed by atoms with E-state index in [4.69, 9.17) is 24.2 Å². The number of methoxy groups -OCH3 is 1. The van der Waals surface area contributed by atoms with Crippen LogP contribution in [0.4, 0.5) is 4.79 Å². The summed E-state index contributed by atoms with van der Waals surface area (Å²) in [5, 5.41) is 28.4. The predicted octanol–water partition coefficient (Wildman–Crippen LogP) is 2.87. The van der Waals surface area contributed by atoms with Crippen molar-refractivity contribution in [3.63, 3.8) is 0 Å². The van der Waals surface area contributed by atoms with Crippen LogP contribution < -0.4 is 30.3 Å². The third-order valence-corrected chi connectivity index (χ3v) is 5.86. The highest BCUT2D eigenvalue weighted by atomic mass is 79.9. The van der Waals surface area contributed by atoms with Gasteiger partial charge in [0.05, 0.1) is 31.5 Å². The first-order valence-corrected chi connectivity index (χ1v) is 12.6. The number of nitrogens with one attached hydrogen (secondary N) is 3. The highest BCUT2D eigenvalue weighted by Gasteiger charge is 2.32. The molecule has 0 spiro atoms. The molecule has 0 unspecified atom stereocenters. The van der Waals surface area contributed by atoms with Crippen molar-refractivity contribution in [1.29, 1.82) is 5.26 Å². The van der Waals surface area contributed by atoms with E-state index in [2.05, 4.69) is 37.1 Å². The molecule has 0 fully saturated rings. The van der Waals surface area contributed by atoms with Crippen LogP contribution >= 0.6 is 15.9 Å². The lowest BCUT2D eigenvalue weighted by atomic mass is 9.95. The number of aliphatic hydroxyl groups is 1. The Bertz CT molecular complexity index is 1310. The molecule has 4 N–H and O–H groups in total. The van der Waals surface area contributed by atoms with Gasteiger partial charge in [-0.1, -0.05) is 22.0 Å². The number of halogens is 1. The lowest BCUT2D eigenvalue weighted by Gasteiger charge is -2.28. The molecule has 1 heterocycles. The summed E-state index contributed by atoms with van der Waals surface area (Å²) in [4.78, 5) is 24.5. The van der Waals surface area contributed by atoms with E-state index in [9.17, 15) is 14.7 Å². The van der Waals surface area contributed by atoms with Gasteiger partial charge < -0.3 is 34.7 Å². The first-order valence-electron chi connectivity index (χ1n) is 11.8. The number of nitriles is 1. The Labute approximate surface area is 233 Å². The molecule has 1 aliphatic rings. The fourth-order valence-corrected chi connectivity index (χ4v) is 4.06. The molecular formula is C26H28BrN5O7. The number of allylic oxidation sites excluding steroid dienone is 1. The summed E-state index contributed by atoms with van der Waals surface area (Å²) in [5.74, 6) is 0.575. The van der Waals surface area contributed by atoms with Crippen LogP contribution in [-0.2, 0) is 9.53 Å². The second-order valence-corrected chi connectivity index (χ2v) is 8.96. The lowest BCUT2D eigenvalue weighted by Crippen LogP contribution is -2.45. The number of rotatable bonds is 12. The van der Waals surface area contributed by atoms with Crippen molar-refractivity contribution in [3.05, 3.63) is 63.3 Å². The minimum Gasteiger partial charge on any atom is -0.490 e. The molecule has 2 atom stereocenters. The number of benzene rings is 2. The summed E-state index contributed by atoms with van der Waals surface area (Å²) in [6, 6.07) is 10.9. The summed E-state index contributed by atoms with van der Waals surface area (Å²) in [7, 11) is 1.27. The predicted molar refractivity (Wildman–Crippen MR) is 144 cm³/mol. The van der Waals surface area contributed by atoms with Gasteiger partial charge >= 0.3 is 12.0 Å². The van der Waals surface area contributed by atoms with Gasteiger partial charge in [-0.2, -0.15) is 10.4 Å². The average Bonchev–Trinajstić information content (AvgIpc) is 2.91. The Morgan fingerprint density at radius 2 is 2.00 bits per heavy atom. The van der Waals surface area contributed by atoms with Crippen LogP contribution in [0.3, 0.4) is 0 Å². The van der Waals surface area contributed by atoms with Crippen LogP contribution in [0.15, 0.2) is 57.2 Å². The Morgan fingerprint density at radius 3 is 2.72 bits per heavy atom. The van der Waals surface area contributed by atoms with E-state index >= 15 is 0 Å². The zero-order chi connectivity index (χ0) is 28.4. The highest BCUT2D eigenvalue weighted by molar-refractivity contribution is 9.10. The first kappa shape index (κ1) is 29.3. The minimum atomic E-state index is -1.17. The molecule has 0 bridgehead atoms. The molecule has 0 saturated carbocycles. The number of carbonyl (C=O) groups is 2. The molecule has 2 aromatic rings. The number of nitrogens with zero attached hydrogens (tertiary/aromatic N) is 2. The Hall–Kier alpha value is -4.28. The SMILES string of the molecule is CCOc1cc([C@@H]2NC(=O)NC(C)=C2C(=O)OC)ccc1OC[C@@H](O)N/N=C\c1cc(Br)ccc1OCC#N. The van der Waals surface area contributed by atoms with Crippen LogP contribution in [-0.4, -0.2) is 56.5 Å². The van der Waals surface area contributed by atoms with Gasteiger partial charge in [0.1, 0.15) is 18.4 Å². The van der Waals surface area contributed by atoms with Gasteiger partial charge in [-0.3, -0.25) is 5.43 Å². The molecule has 0 aromatic heterocycles. The van der Waals surface area contributed by atoms with Crippen molar-refractivity contribution in [1.82, 2.24) is 16.1 Å².